The van der Waals surface area contributed by atoms with Crippen molar-refractivity contribution in [2.45, 2.75) is 6.92 Å². The van der Waals surface area contributed by atoms with E-state index in [1.165, 1.54) is 35.0 Å². The summed E-state index contributed by atoms with van der Waals surface area (Å²) in [7, 11) is 0. The molecule has 3 heterocycles. The van der Waals surface area contributed by atoms with Crippen LogP contribution in [0.5, 0.6) is 0 Å². The van der Waals surface area contributed by atoms with Gasteiger partial charge in [-0.15, -0.1) is 0 Å². The van der Waals surface area contributed by atoms with Crippen molar-refractivity contribution in [2.75, 3.05) is 0 Å². The number of aliphatic imine (C=N–C) groups is 1. The zero-order chi connectivity index (χ0) is 19.1. The van der Waals surface area contributed by atoms with E-state index in [-0.39, 0.29) is 17.0 Å². The molecule has 27 heavy (non-hydrogen) atoms. The summed E-state index contributed by atoms with van der Waals surface area (Å²) in [4.78, 5) is 27.1. The number of nitrogens with one attached hydrogen (secondary N) is 1. The van der Waals surface area contributed by atoms with Gasteiger partial charge in [-0.05, 0) is 49.0 Å². The molecule has 0 saturated carbocycles. The van der Waals surface area contributed by atoms with Gasteiger partial charge in [0, 0.05) is 5.56 Å². The first-order valence-corrected chi connectivity index (χ1v) is 8.64. The molecule has 2 N–H and O–H groups in total. The summed E-state index contributed by atoms with van der Waals surface area (Å²) >= 11 is 1.24. The number of nitrogens with zero attached hydrogens (tertiary/aromatic N) is 3. The predicted octanol–water partition coefficient (Wildman–Crippen LogP) is 3.28. The highest BCUT2D eigenvalue weighted by Crippen LogP contribution is 2.29. The number of amides is 1. The minimum atomic E-state index is -1.00. The summed E-state index contributed by atoms with van der Waals surface area (Å²) in [6, 6.07) is 9.63. The van der Waals surface area contributed by atoms with Gasteiger partial charge < -0.3 is 9.52 Å². The molecule has 0 radical (unpaired) electrons. The second-order valence-electron chi connectivity index (χ2n) is 5.72. The van der Waals surface area contributed by atoms with Crippen molar-refractivity contribution in [3.63, 3.8) is 0 Å². The highest BCUT2D eigenvalue weighted by atomic mass is 32.2. The van der Waals surface area contributed by atoms with Crippen molar-refractivity contribution >= 4 is 45.8 Å². The van der Waals surface area contributed by atoms with Crippen LogP contribution in [0.3, 0.4) is 0 Å². The lowest BCUT2D eigenvalue weighted by atomic mass is 10.1. The van der Waals surface area contributed by atoms with Crippen molar-refractivity contribution in [1.82, 2.24) is 5.01 Å². The number of carboxylic acids is 1. The maximum Gasteiger partial charge on any atom is 0.335 e. The Labute approximate surface area is 157 Å². The first-order chi connectivity index (χ1) is 12.9. The molecule has 0 bridgehead atoms. The fourth-order valence-corrected chi connectivity index (χ4v) is 3.33. The number of benzene rings is 1. The summed E-state index contributed by atoms with van der Waals surface area (Å²) in [6.45, 7) is 1.78. The van der Waals surface area contributed by atoms with Gasteiger partial charge in [-0.1, -0.05) is 12.1 Å². The van der Waals surface area contributed by atoms with E-state index in [4.69, 9.17) is 14.9 Å². The average Bonchev–Trinajstić information content (AvgIpc) is 3.25. The summed E-state index contributed by atoms with van der Waals surface area (Å²) in [5.41, 5.74) is 0.966. The number of hydrogen-bond donors (Lipinski definition) is 2. The normalized spacial score (nSPS) is 17.8. The Balaban J connectivity index is 1.63. The zero-order valence-electron chi connectivity index (χ0n) is 14.0. The van der Waals surface area contributed by atoms with Crippen LogP contribution in [0.15, 0.2) is 56.5 Å². The quantitative estimate of drug-likeness (QED) is 0.789. The second kappa shape index (κ2) is 6.36. The standard InChI is InChI=1S/C18H12N4O4S/c1-9-21-22-15(19)13(16(23)20-18(22)27-9)8-12-6-7-14(26-12)10-2-4-11(5-3-10)17(24)25/h2-8,19H,1H3,(H,24,25)/b13-8+,19-15?. The number of carbonyl (C=O) groups excluding carboxylic acids is 1. The largest absolute Gasteiger partial charge is 0.478 e. The molecule has 2 aromatic rings. The number of carboxylic acid groups (broad SMARTS) is 1. The molecule has 1 aromatic heterocycles. The average molecular weight is 380 g/mol. The van der Waals surface area contributed by atoms with Gasteiger partial charge in [0.15, 0.2) is 5.84 Å². The molecule has 9 heteroatoms. The number of hydrazone groups is 1. The van der Waals surface area contributed by atoms with E-state index in [1.807, 2.05) is 0 Å². The van der Waals surface area contributed by atoms with Crippen LogP contribution in [-0.4, -0.2) is 38.0 Å². The molecule has 134 valence electrons. The molecule has 0 fully saturated rings. The SMILES string of the molecule is CC1=NN2C(=N)/C(=C\c3ccc(-c4ccc(C(=O)O)cc4)o3)C(=O)N=C2S1. The molecule has 8 nitrogen and oxygen atoms in total. The van der Waals surface area contributed by atoms with E-state index >= 15 is 0 Å². The van der Waals surface area contributed by atoms with Gasteiger partial charge in [-0.2, -0.15) is 15.1 Å². The van der Waals surface area contributed by atoms with Crippen LogP contribution in [-0.2, 0) is 4.79 Å². The molecule has 0 unspecified atom stereocenters. The van der Waals surface area contributed by atoms with E-state index in [9.17, 15) is 9.59 Å². The number of thioether (sulfide) groups is 1. The van der Waals surface area contributed by atoms with Gasteiger partial charge >= 0.3 is 5.97 Å². The number of carbonyl (C=O) groups is 2. The zero-order valence-corrected chi connectivity index (χ0v) is 14.8. The Morgan fingerprint density at radius 1 is 1.26 bits per heavy atom. The molecule has 1 amide bonds. The maximum atomic E-state index is 12.3. The molecule has 0 spiro atoms. The van der Waals surface area contributed by atoms with E-state index < -0.39 is 11.9 Å². The number of furan rings is 1. The van der Waals surface area contributed by atoms with Gasteiger partial charge in [0.1, 0.15) is 11.5 Å². The van der Waals surface area contributed by atoms with E-state index in [0.29, 0.717) is 27.3 Å². The van der Waals surface area contributed by atoms with Gasteiger partial charge in [0.2, 0.25) is 5.17 Å². The highest BCUT2D eigenvalue weighted by molar-refractivity contribution is 8.26. The van der Waals surface area contributed by atoms with Gasteiger partial charge in [0.05, 0.1) is 16.2 Å². The summed E-state index contributed by atoms with van der Waals surface area (Å²) in [6.07, 6.45) is 1.45. The van der Waals surface area contributed by atoms with Crippen molar-refractivity contribution in [3.8, 4) is 11.3 Å². The fraction of sp³-hybridized carbons (Fsp3) is 0.0556. The van der Waals surface area contributed by atoms with Crippen molar-refractivity contribution in [1.29, 1.82) is 5.41 Å². The van der Waals surface area contributed by atoms with Crippen LogP contribution in [0.25, 0.3) is 17.4 Å². The van der Waals surface area contributed by atoms with Crippen molar-refractivity contribution in [3.05, 3.63) is 53.3 Å². The number of aromatic carboxylic acids is 1. The minimum Gasteiger partial charge on any atom is -0.478 e. The van der Waals surface area contributed by atoms with Crippen LogP contribution in [0.4, 0.5) is 0 Å². The Kier molecular flexibility index (Phi) is 4.00. The van der Waals surface area contributed by atoms with Crippen LogP contribution in [0, 0.1) is 5.41 Å². The third kappa shape index (κ3) is 3.08. The molecule has 1 aromatic carbocycles. The van der Waals surface area contributed by atoms with E-state index in [0.717, 1.165) is 0 Å². The van der Waals surface area contributed by atoms with E-state index in [1.54, 1.807) is 31.2 Å². The monoisotopic (exact) mass is 380 g/mol. The highest BCUT2D eigenvalue weighted by Gasteiger charge is 2.34. The maximum absolute atomic E-state index is 12.3. The smallest absolute Gasteiger partial charge is 0.335 e. The molecule has 4 rings (SSSR count). The van der Waals surface area contributed by atoms with Crippen LogP contribution < -0.4 is 0 Å². The minimum absolute atomic E-state index is 0.0573. The Morgan fingerprint density at radius 3 is 2.70 bits per heavy atom. The summed E-state index contributed by atoms with van der Waals surface area (Å²) in [5.74, 6) is -0.681. The molecular formula is C18H12N4O4S. The van der Waals surface area contributed by atoms with Crippen LogP contribution in [0.1, 0.15) is 23.0 Å². The van der Waals surface area contributed by atoms with Crippen LogP contribution >= 0.6 is 11.8 Å². The van der Waals surface area contributed by atoms with Crippen molar-refractivity contribution in [2.24, 2.45) is 10.1 Å². The molecular weight excluding hydrogens is 368 g/mol. The number of amidine groups is 2. The summed E-state index contributed by atoms with van der Waals surface area (Å²) < 4.78 is 5.72. The first kappa shape index (κ1) is 17.0. The predicted molar refractivity (Wildman–Crippen MR) is 102 cm³/mol. The molecule has 0 atom stereocenters. The third-order valence-electron chi connectivity index (χ3n) is 3.89. The second-order valence-corrected chi connectivity index (χ2v) is 6.88. The molecule has 0 aliphatic carbocycles. The molecule has 2 aliphatic heterocycles. The lowest BCUT2D eigenvalue weighted by Crippen LogP contribution is -2.35. The van der Waals surface area contributed by atoms with Gasteiger partial charge in [-0.3, -0.25) is 10.2 Å². The summed E-state index contributed by atoms with van der Waals surface area (Å²) in [5, 5.41) is 23.8. The Bertz CT molecular complexity index is 1080. The number of rotatable bonds is 3. The van der Waals surface area contributed by atoms with E-state index in [2.05, 4.69) is 10.1 Å². The molecule has 2 aliphatic rings. The molecule has 0 saturated heterocycles. The number of fused-ring (bicyclic) bond motifs is 1. The fourth-order valence-electron chi connectivity index (χ4n) is 2.59. The topological polar surface area (TPSA) is 119 Å². The first-order valence-electron chi connectivity index (χ1n) is 7.83. The van der Waals surface area contributed by atoms with Gasteiger partial charge in [-0.25, -0.2) is 4.79 Å². The lowest BCUT2D eigenvalue weighted by Gasteiger charge is -2.19. The van der Waals surface area contributed by atoms with Crippen LogP contribution in [0.2, 0.25) is 0 Å². The Morgan fingerprint density at radius 2 is 2.00 bits per heavy atom. The van der Waals surface area contributed by atoms with Crippen molar-refractivity contribution < 1.29 is 19.1 Å². The number of hydrogen-bond acceptors (Lipinski definition) is 6. The lowest BCUT2D eigenvalue weighted by molar-refractivity contribution is -0.114. The third-order valence-corrected chi connectivity index (χ3v) is 4.71. The van der Waals surface area contributed by atoms with Gasteiger partial charge in [0.25, 0.3) is 5.91 Å². The Hall–Kier alpha value is -3.46.